The summed E-state index contributed by atoms with van der Waals surface area (Å²) in [5.41, 5.74) is 0.0794. The van der Waals surface area contributed by atoms with E-state index in [2.05, 4.69) is 0 Å². The lowest BCUT2D eigenvalue weighted by Crippen LogP contribution is -2.43. The van der Waals surface area contributed by atoms with Gasteiger partial charge >= 0.3 is 0 Å². The number of imide groups is 1. The highest BCUT2D eigenvalue weighted by atomic mass is 16.3. The lowest BCUT2D eigenvalue weighted by atomic mass is 9.81. The van der Waals surface area contributed by atoms with Gasteiger partial charge in [-0.25, -0.2) is 0 Å². The molecule has 0 aromatic heterocycles. The predicted octanol–water partition coefficient (Wildman–Crippen LogP) is 1.86. The Morgan fingerprint density at radius 2 is 1.85 bits per heavy atom. The molecule has 0 bridgehead atoms. The van der Waals surface area contributed by atoms with Crippen molar-refractivity contribution < 1.29 is 14.7 Å². The molecule has 20 heavy (non-hydrogen) atoms. The van der Waals surface area contributed by atoms with Gasteiger partial charge in [0.2, 0.25) is 11.8 Å². The molecule has 2 rings (SSSR count). The van der Waals surface area contributed by atoms with Crippen molar-refractivity contribution in [2.75, 3.05) is 0 Å². The second-order valence-corrected chi connectivity index (χ2v) is 5.88. The number of hydrogen-bond acceptors (Lipinski definition) is 3. The van der Waals surface area contributed by atoms with Gasteiger partial charge < -0.3 is 5.11 Å². The van der Waals surface area contributed by atoms with E-state index in [-0.39, 0.29) is 24.3 Å². The van der Waals surface area contributed by atoms with Crippen molar-refractivity contribution in [3.63, 3.8) is 0 Å². The summed E-state index contributed by atoms with van der Waals surface area (Å²) in [4.78, 5) is 26.2. The number of aliphatic hydroxyl groups excluding tert-OH is 1. The van der Waals surface area contributed by atoms with Gasteiger partial charge in [-0.2, -0.15) is 0 Å². The Bertz CT molecular complexity index is 512. The van der Waals surface area contributed by atoms with Crippen LogP contribution in [0.2, 0.25) is 0 Å². The van der Waals surface area contributed by atoms with Crippen molar-refractivity contribution in [1.82, 2.24) is 4.90 Å². The van der Waals surface area contributed by atoms with E-state index in [0.717, 1.165) is 5.56 Å². The number of nitrogens with zero attached hydrogens (tertiary/aromatic N) is 1. The minimum Gasteiger partial charge on any atom is -0.393 e. The number of rotatable bonds is 4. The molecular formula is C16H21NO3. The highest BCUT2D eigenvalue weighted by Crippen LogP contribution is 2.37. The Morgan fingerprint density at radius 3 is 2.40 bits per heavy atom. The van der Waals surface area contributed by atoms with E-state index in [1.807, 2.05) is 37.3 Å². The average molecular weight is 275 g/mol. The van der Waals surface area contributed by atoms with Crippen molar-refractivity contribution in [2.45, 2.75) is 51.2 Å². The van der Waals surface area contributed by atoms with Gasteiger partial charge in [0, 0.05) is 12.5 Å². The summed E-state index contributed by atoms with van der Waals surface area (Å²) in [5, 5.41) is 9.45. The van der Waals surface area contributed by atoms with E-state index >= 15 is 0 Å². The molecule has 4 nitrogen and oxygen atoms in total. The topological polar surface area (TPSA) is 57.6 Å². The molecule has 1 aromatic rings. The van der Waals surface area contributed by atoms with Crippen molar-refractivity contribution in [1.29, 1.82) is 0 Å². The van der Waals surface area contributed by atoms with E-state index in [9.17, 15) is 14.7 Å². The fourth-order valence-electron chi connectivity index (χ4n) is 2.92. The molecule has 4 heteroatoms. The third kappa shape index (κ3) is 2.48. The van der Waals surface area contributed by atoms with Crippen LogP contribution in [-0.4, -0.2) is 34.0 Å². The third-order valence-corrected chi connectivity index (χ3v) is 4.00. The largest absolute Gasteiger partial charge is 0.393 e. The molecule has 0 aliphatic carbocycles. The molecule has 3 atom stereocenters. The van der Waals surface area contributed by atoms with Gasteiger partial charge in [0.25, 0.3) is 0 Å². The van der Waals surface area contributed by atoms with Gasteiger partial charge in [-0.15, -0.1) is 0 Å². The zero-order valence-corrected chi connectivity index (χ0v) is 12.2. The number of carbonyl (C=O) groups is 2. The summed E-state index contributed by atoms with van der Waals surface area (Å²) in [6, 6.07) is 9.13. The molecule has 1 N–H and O–H groups in total. The standard InChI is InChI=1S/C16H21NO3/c1-11(9-12(2)18)17-14(19)10-16(3,15(17)20)13-7-5-4-6-8-13/h4-8,11-12,18H,9-10H2,1-3H3. The van der Waals surface area contributed by atoms with Gasteiger partial charge in [-0.3, -0.25) is 14.5 Å². The van der Waals surface area contributed by atoms with Crippen LogP contribution in [0.1, 0.15) is 39.2 Å². The number of likely N-dealkylation sites (tertiary alicyclic amines) is 1. The maximum atomic E-state index is 12.7. The Labute approximate surface area is 119 Å². The van der Waals surface area contributed by atoms with E-state index in [1.54, 1.807) is 13.8 Å². The van der Waals surface area contributed by atoms with Crippen molar-refractivity contribution >= 4 is 11.8 Å². The van der Waals surface area contributed by atoms with E-state index in [1.165, 1.54) is 4.90 Å². The maximum absolute atomic E-state index is 12.7. The highest BCUT2D eigenvalue weighted by Gasteiger charge is 2.50. The highest BCUT2D eigenvalue weighted by molar-refractivity contribution is 6.09. The van der Waals surface area contributed by atoms with Crippen molar-refractivity contribution in [3.8, 4) is 0 Å². The van der Waals surface area contributed by atoms with Crippen LogP contribution in [0, 0.1) is 0 Å². The fraction of sp³-hybridized carbons (Fsp3) is 0.500. The van der Waals surface area contributed by atoms with E-state index < -0.39 is 11.5 Å². The fourth-order valence-corrected chi connectivity index (χ4v) is 2.92. The van der Waals surface area contributed by atoms with Crippen LogP contribution in [0.15, 0.2) is 30.3 Å². The number of amides is 2. The molecule has 1 aliphatic heterocycles. The minimum atomic E-state index is -0.786. The van der Waals surface area contributed by atoms with Crippen LogP contribution in [0.3, 0.4) is 0 Å². The summed E-state index contributed by atoms with van der Waals surface area (Å²) < 4.78 is 0. The zero-order chi connectivity index (χ0) is 14.9. The molecule has 108 valence electrons. The van der Waals surface area contributed by atoms with Crippen LogP contribution in [0.4, 0.5) is 0 Å². The Kier molecular flexibility index (Phi) is 3.95. The van der Waals surface area contributed by atoms with Crippen LogP contribution in [-0.2, 0) is 15.0 Å². The molecule has 0 saturated carbocycles. The van der Waals surface area contributed by atoms with Crippen molar-refractivity contribution in [3.05, 3.63) is 35.9 Å². The molecule has 1 saturated heterocycles. The van der Waals surface area contributed by atoms with Gasteiger partial charge in [-0.05, 0) is 32.8 Å². The quantitative estimate of drug-likeness (QED) is 0.853. The second-order valence-electron chi connectivity index (χ2n) is 5.88. The van der Waals surface area contributed by atoms with Crippen LogP contribution in [0.25, 0.3) is 0 Å². The third-order valence-electron chi connectivity index (χ3n) is 4.00. The first kappa shape index (κ1) is 14.7. The first-order valence-corrected chi connectivity index (χ1v) is 6.96. The predicted molar refractivity (Wildman–Crippen MR) is 76.0 cm³/mol. The summed E-state index contributed by atoms with van der Waals surface area (Å²) in [6.07, 6.45) is 0.0664. The Hall–Kier alpha value is -1.68. The summed E-state index contributed by atoms with van der Waals surface area (Å²) in [7, 11) is 0. The number of benzene rings is 1. The normalized spacial score (nSPS) is 25.9. The Morgan fingerprint density at radius 1 is 1.25 bits per heavy atom. The maximum Gasteiger partial charge on any atom is 0.240 e. The van der Waals surface area contributed by atoms with Gasteiger partial charge in [-0.1, -0.05) is 30.3 Å². The lowest BCUT2D eigenvalue weighted by Gasteiger charge is -2.27. The first-order chi connectivity index (χ1) is 9.36. The van der Waals surface area contributed by atoms with E-state index in [4.69, 9.17) is 0 Å². The molecule has 1 aliphatic rings. The summed E-state index contributed by atoms with van der Waals surface area (Å²) in [5.74, 6) is -0.323. The monoisotopic (exact) mass is 275 g/mol. The molecule has 1 aromatic carbocycles. The SMILES string of the molecule is CC(O)CC(C)N1C(=O)CC(C)(c2ccccc2)C1=O. The minimum absolute atomic E-state index is 0.158. The summed E-state index contributed by atoms with van der Waals surface area (Å²) in [6.45, 7) is 5.29. The smallest absolute Gasteiger partial charge is 0.240 e. The molecule has 2 amide bonds. The molecule has 0 spiro atoms. The lowest BCUT2D eigenvalue weighted by molar-refractivity contribution is -0.142. The summed E-state index contributed by atoms with van der Waals surface area (Å²) >= 11 is 0. The number of aliphatic hydroxyl groups is 1. The molecule has 0 radical (unpaired) electrons. The molecule has 3 unspecified atom stereocenters. The van der Waals surface area contributed by atoms with Crippen LogP contribution in [0.5, 0.6) is 0 Å². The molecule has 1 fully saturated rings. The molecular weight excluding hydrogens is 254 g/mol. The van der Waals surface area contributed by atoms with Crippen LogP contribution >= 0.6 is 0 Å². The number of carbonyl (C=O) groups excluding carboxylic acids is 2. The van der Waals surface area contributed by atoms with Gasteiger partial charge in [0.05, 0.1) is 11.5 Å². The number of hydrogen-bond donors (Lipinski definition) is 1. The van der Waals surface area contributed by atoms with Crippen molar-refractivity contribution in [2.24, 2.45) is 0 Å². The first-order valence-electron chi connectivity index (χ1n) is 6.96. The van der Waals surface area contributed by atoms with E-state index in [0.29, 0.717) is 6.42 Å². The van der Waals surface area contributed by atoms with Gasteiger partial charge in [0.15, 0.2) is 0 Å². The van der Waals surface area contributed by atoms with Gasteiger partial charge in [0.1, 0.15) is 0 Å². The Balaban J connectivity index is 2.29. The molecule has 1 heterocycles. The zero-order valence-electron chi connectivity index (χ0n) is 12.2. The van der Waals surface area contributed by atoms with Crippen LogP contribution < -0.4 is 0 Å². The average Bonchev–Trinajstić information content (AvgIpc) is 2.61. The second kappa shape index (κ2) is 5.37.